The molecule has 0 bridgehead atoms. The van der Waals surface area contributed by atoms with Crippen molar-refractivity contribution in [2.45, 2.75) is 18.9 Å². The molecule has 1 atom stereocenters. The van der Waals surface area contributed by atoms with E-state index in [-0.39, 0.29) is 11.9 Å². The van der Waals surface area contributed by atoms with Crippen molar-refractivity contribution in [3.05, 3.63) is 69.2 Å². The number of carbonyl (C=O) groups is 1. The standard InChI is InChI=1S/C17H15Cl2NO/c1-20(16-9-7-11-4-2-3-5-13(11)16)17(21)12-6-8-14(18)15(19)10-12/h2-6,8,10,16H,7,9H2,1H3. The predicted octanol–water partition coefficient (Wildman–Crippen LogP) is 4.75. The van der Waals surface area contributed by atoms with Gasteiger partial charge in [0, 0.05) is 12.6 Å². The van der Waals surface area contributed by atoms with E-state index >= 15 is 0 Å². The molecule has 0 saturated heterocycles. The topological polar surface area (TPSA) is 20.3 Å². The Kier molecular flexibility index (Phi) is 3.92. The monoisotopic (exact) mass is 319 g/mol. The highest BCUT2D eigenvalue weighted by molar-refractivity contribution is 6.42. The van der Waals surface area contributed by atoms with E-state index in [9.17, 15) is 4.79 Å². The van der Waals surface area contributed by atoms with E-state index in [1.165, 1.54) is 11.1 Å². The van der Waals surface area contributed by atoms with Crippen LogP contribution in [0.3, 0.4) is 0 Å². The Morgan fingerprint density at radius 3 is 2.67 bits per heavy atom. The van der Waals surface area contributed by atoms with E-state index in [2.05, 4.69) is 12.1 Å². The molecular weight excluding hydrogens is 305 g/mol. The Bertz CT molecular complexity index is 699. The molecule has 0 spiro atoms. The summed E-state index contributed by atoms with van der Waals surface area (Å²) in [7, 11) is 1.84. The van der Waals surface area contributed by atoms with Crippen LogP contribution in [0.1, 0.15) is 33.9 Å². The van der Waals surface area contributed by atoms with Crippen LogP contribution < -0.4 is 0 Å². The highest BCUT2D eigenvalue weighted by Gasteiger charge is 2.28. The second-order valence-corrected chi connectivity index (χ2v) is 6.11. The molecule has 108 valence electrons. The molecule has 1 aliphatic carbocycles. The molecule has 0 radical (unpaired) electrons. The van der Waals surface area contributed by atoms with Crippen LogP contribution in [0, 0.1) is 0 Å². The van der Waals surface area contributed by atoms with Crippen molar-refractivity contribution in [3.63, 3.8) is 0 Å². The molecule has 0 fully saturated rings. The first-order chi connectivity index (χ1) is 10.1. The maximum absolute atomic E-state index is 12.6. The molecule has 0 saturated carbocycles. The van der Waals surface area contributed by atoms with E-state index in [1.54, 1.807) is 23.1 Å². The van der Waals surface area contributed by atoms with Crippen LogP contribution in [-0.2, 0) is 6.42 Å². The third-order valence-electron chi connectivity index (χ3n) is 4.06. The van der Waals surface area contributed by atoms with Crippen LogP contribution >= 0.6 is 23.2 Å². The fourth-order valence-corrected chi connectivity index (χ4v) is 3.21. The van der Waals surface area contributed by atoms with Crippen LogP contribution in [0.5, 0.6) is 0 Å². The highest BCUT2D eigenvalue weighted by Crippen LogP contribution is 2.35. The van der Waals surface area contributed by atoms with Crippen molar-refractivity contribution in [2.24, 2.45) is 0 Å². The Morgan fingerprint density at radius 2 is 1.90 bits per heavy atom. The van der Waals surface area contributed by atoms with Gasteiger partial charge in [0.05, 0.1) is 16.1 Å². The normalized spacial score (nSPS) is 16.6. The largest absolute Gasteiger partial charge is 0.335 e. The average molecular weight is 320 g/mol. The fraction of sp³-hybridized carbons (Fsp3) is 0.235. The number of halogens is 2. The lowest BCUT2D eigenvalue weighted by molar-refractivity contribution is 0.0730. The molecule has 2 nitrogen and oxygen atoms in total. The van der Waals surface area contributed by atoms with Crippen LogP contribution in [0.25, 0.3) is 0 Å². The van der Waals surface area contributed by atoms with Gasteiger partial charge in [0.1, 0.15) is 0 Å². The lowest BCUT2D eigenvalue weighted by Crippen LogP contribution is -2.30. The molecule has 21 heavy (non-hydrogen) atoms. The molecule has 0 heterocycles. The maximum atomic E-state index is 12.6. The highest BCUT2D eigenvalue weighted by atomic mass is 35.5. The second kappa shape index (κ2) is 5.70. The van der Waals surface area contributed by atoms with Crippen molar-refractivity contribution in [1.29, 1.82) is 0 Å². The van der Waals surface area contributed by atoms with Gasteiger partial charge in [-0.2, -0.15) is 0 Å². The summed E-state index contributed by atoms with van der Waals surface area (Å²) in [6, 6.07) is 13.4. The number of amides is 1. The van der Waals surface area contributed by atoms with E-state index in [1.807, 2.05) is 19.2 Å². The van der Waals surface area contributed by atoms with Crippen molar-refractivity contribution < 1.29 is 4.79 Å². The smallest absolute Gasteiger partial charge is 0.254 e. The quantitative estimate of drug-likeness (QED) is 0.782. The number of rotatable bonds is 2. The zero-order valence-corrected chi connectivity index (χ0v) is 13.2. The molecule has 4 heteroatoms. The number of nitrogens with zero attached hydrogens (tertiary/aromatic N) is 1. The first-order valence-corrected chi connectivity index (χ1v) is 7.63. The number of carbonyl (C=O) groups excluding carboxylic acids is 1. The molecule has 1 amide bonds. The molecule has 3 rings (SSSR count). The van der Waals surface area contributed by atoms with Gasteiger partial charge >= 0.3 is 0 Å². The first kappa shape index (κ1) is 14.4. The Hall–Kier alpha value is -1.51. The zero-order chi connectivity index (χ0) is 15.0. The summed E-state index contributed by atoms with van der Waals surface area (Å²) in [5, 5.41) is 0.866. The van der Waals surface area contributed by atoms with Crippen LogP contribution in [-0.4, -0.2) is 17.9 Å². The molecule has 2 aromatic carbocycles. The minimum Gasteiger partial charge on any atom is -0.335 e. The predicted molar refractivity (Wildman–Crippen MR) is 86.1 cm³/mol. The summed E-state index contributed by atoms with van der Waals surface area (Å²) in [5.41, 5.74) is 3.14. The summed E-state index contributed by atoms with van der Waals surface area (Å²) in [4.78, 5) is 14.4. The summed E-state index contributed by atoms with van der Waals surface area (Å²) in [5.74, 6) is -0.0322. The van der Waals surface area contributed by atoms with Crippen molar-refractivity contribution in [1.82, 2.24) is 4.90 Å². The van der Waals surface area contributed by atoms with Gasteiger partial charge in [-0.1, -0.05) is 47.5 Å². The van der Waals surface area contributed by atoms with Gasteiger partial charge in [-0.15, -0.1) is 0 Å². The fourth-order valence-electron chi connectivity index (χ4n) is 2.91. The summed E-state index contributed by atoms with van der Waals surface area (Å²) < 4.78 is 0. The van der Waals surface area contributed by atoms with E-state index in [4.69, 9.17) is 23.2 Å². The second-order valence-electron chi connectivity index (χ2n) is 5.30. The minimum absolute atomic E-state index is 0.0322. The van der Waals surface area contributed by atoms with Gasteiger partial charge in [0.15, 0.2) is 0 Å². The third-order valence-corrected chi connectivity index (χ3v) is 4.79. The van der Waals surface area contributed by atoms with E-state index in [0.29, 0.717) is 15.6 Å². The summed E-state index contributed by atoms with van der Waals surface area (Å²) >= 11 is 11.9. The Morgan fingerprint density at radius 1 is 1.14 bits per heavy atom. The molecule has 0 N–H and O–H groups in total. The van der Waals surface area contributed by atoms with Crippen molar-refractivity contribution in [2.75, 3.05) is 7.05 Å². The molecule has 1 unspecified atom stereocenters. The number of fused-ring (bicyclic) bond motifs is 1. The van der Waals surface area contributed by atoms with Crippen molar-refractivity contribution in [3.8, 4) is 0 Å². The van der Waals surface area contributed by atoms with Gasteiger partial charge in [-0.3, -0.25) is 4.79 Å². The SMILES string of the molecule is CN(C(=O)c1ccc(Cl)c(Cl)c1)C1CCc2ccccc21. The summed E-state index contributed by atoms with van der Waals surface area (Å²) in [6.45, 7) is 0. The third kappa shape index (κ3) is 2.66. The van der Waals surface area contributed by atoms with E-state index in [0.717, 1.165) is 12.8 Å². The lowest BCUT2D eigenvalue weighted by Gasteiger charge is -2.25. The summed E-state index contributed by atoms with van der Waals surface area (Å²) in [6.07, 6.45) is 1.97. The first-order valence-electron chi connectivity index (χ1n) is 6.88. The van der Waals surface area contributed by atoms with Crippen LogP contribution in [0.4, 0.5) is 0 Å². The number of benzene rings is 2. The zero-order valence-electron chi connectivity index (χ0n) is 11.6. The average Bonchev–Trinajstić information content (AvgIpc) is 2.92. The van der Waals surface area contributed by atoms with Crippen molar-refractivity contribution >= 4 is 29.1 Å². The van der Waals surface area contributed by atoms with Gasteiger partial charge < -0.3 is 4.90 Å². The van der Waals surface area contributed by atoms with Crippen LogP contribution in [0.15, 0.2) is 42.5 Å². The minimum atomic E-state index is -0.0322. The molecule has 0 aromatic heterocycles. The lowest BCUT2D eigenvalue weighted by atomic mass is 10.1. The Labute approximate surface area is 134 Å². The van der Waals surface area contributed by atoms with E-state index < -0.39 is 0 Å². The number of aryl methyl sites for hydroxylation is 1. The number of hydrogen-bond acceptors (Lipinski definition) is 1. The maximum Gasteiger partial charge on any atom is 0.254 e. The molecule has 0 aliphatic heterocycles. The molecule has 2 aromatic rings. The van der Waals surface area contributed by atoms with Gasteiger partial charge in [-0.05, 0) is 42.2 Å². The van der Waals surface area contributed by atoms with Crippen LogP contribution in [0.2, 0.25) is 10.0 Å². The molecular formula is C17H15Cl2NO. The van der Waals surface area contributed by atoms with Gasteiger partial charge in [0.2, 0.25) is 0 Å². The Balaban J connectivity index is 1.87. The number of hydrogen-bond donors (Lipinski definition) is 0. The van der Waals surface area contributed by atoms with Gasteiger partial charge in [0.25, 0.3) is 5.91 Å². The van der Waals surface area contributed by atoms with Gasteiger partial charge in [-0.25, -0.2) is 0 Å². The molecule has 1 aliphatic rings.